The third-order valence-corrected chi connectivity index (χ3v) is 11.6. The second-order valence-electron chi connectivity index (χ2n) is 18.3. The van der Waals surface area contributed by atoms with Gasteiger partial charge in [-0.05, 0) is 83.5 Å². The molecule has 386 valence electrons. The number of hydrogen-bond acceptors (Lipinski definition) is 6. The van der Waals surface area contributed by atoms with Gasteiger partial charge in [-0.25, -0.2) is 0 Å². The van der Waals surface area contributed by atoms with E-state index >= 15 is 0 Å². The second-order valence-corrected chi connectivity index (χ2v) is 18.3. The minimum Gasteiger partial charge on any atom is -0.462 e. The van der Waals surface area contributed by atoms with Gasteiger partial charge in [0.05, 0.1) is 0 Å². The van der Waals surface area contributed by atoms with Gasteiger partial charge in [0.2, 0.25) is 0 Å². The van der Waals surface area contributed by atoms with Crippen LogP contribution in [0.3, 0.4) is 0 Å². The van der Waals surface area contributed by atoms with Crippen molar-refractivity contribution in [1.29, 1.82) is 0 Å². The van der Waals surface area contributed by atoms with Crippen molar-refractivity contribution in [2.45, 2.75) is 252 Å². The van der Waals surface area contributed by atoms with Crippen molar-refractivity contribution in [2.24, 2.45) is 0 Å². The zero-order valence-electron chi connectivity index (χ0n) is 44.1. The van der Waals surface area contributed by atoms with Crippen LogP contribution in [-0.2, 0) is 28.6 Å². The van der Waals surface area contributed by atoms with Crippen molar-refractivity contribution in [2.75, 3.05) is 13.2 Å². The highest BCUT2D eigenvalue weighted by molar-refractivity contribution is 5.71. The van der Waals surface area contributed by atoms with Crippen LogP contribution < -0.4 is 0 Å². The van der Waals surface area contributed by atoms with Crippen LogP contribution in [0.1, 0.15) is 245 Å². The predicted molar refractivity (Wildman–Crippen MR) is 293 cm³/mol. The van der Waals surface area contributed by atoms with Gasteiger partial charge in [0, 0.05) is 19.3 Å². The first-order chi connectivity index (χ1) is 33.5. The summed E-state index contributed by atoms with van der Waals surface area (Å²) in [6, 6.07) is 0. The number of rotatable bonds is 49. The van der Waals surface area contributed by atoms with Crippen LogP contribution >= 0.6 is 0 Å². The van der Waals surface area contributed by atoms with E-state index in [1.165, 1.54) is 122 Å². The van der Waals surface area contributed by atoms with Crippen LogP contribution in [-0.4, -0.2) is 37.2 Å². The lowest BCUT2D eigenvalue weighted by atomic mass is 10.1. The van der Waals surface area contributed by atoms with Crippen molar-refractivity contribution in [3.63, 3.8) is 0 Å². The highest BCUT2D eigenvalue weighted by Gasteiger charge is 2.19. The fourth-order valence-corrected chi connectivity index (χ4v) is 7.40. The molecule has 0 radical (unpaired) electrons. The smallest absolute Gasteiger partial charge is 0.306 e. The van der Waals surface area contributed by atoms with E-state index in [-0.39, 0.29) is 44.0 Å². The molecule has 0 saturated carbocycles. The van der Waals surface area contributed by atoms with Gasteiger partial charge in [0.15, 0.2) is 6.10 Å². The standard InChI is InChI=1S/C62H102O6/c1-4-7-10-13-16-19-22-25-27-29-31-33-34-37-40-43-46-49-52-55-61(64)67-58-59(57-66-60(63)54-51-48-45-42-39-36-24-21-18-15-12-9-6-3)68-62(65)56-53-50-47-44-41-38-35-32-30-28-26-23-20-17-14-11-8-5-2/h11,14,16-17,19-20,22-23,25-26,28,30,32,35-36,39,45,48,59H,4-10,12-13,15,18,21,24,27,29,31,33-34,37-38,40-44,46-47,49-58H2,1-3H3/b14-11+,19-16+,20-17+,25-22+,26-23+,30-28+,35-32+,39-36+,48-45+. The van der Waals surface area contributed by atoms with Gasteiger partial charge in [0.1, 0.15) is 13.2 Å². The van der Waals surface area contributed by atoms with Crippen molar-refractivity contribution in [3.8, 4) is 0 Å². The Bertz CT molecular complexity index is 1410. The fourth-order valence-electron chi connectivity index (χ4n) is 7.40. The molecule has 6 nitrogen and oxygen atoms in total. The summed E-state index contributed by atoms with van der Waals surface area (Å²) < 4.78 is 16.8. The van der Waals surface area contributed by atoms with Crippen LogP contribution in [0.2, 0.25) is 0 Å². The second kappa shape index (κ2) is 55.7. The molecule has 0 fully saturated rings. The summed E-state index contributed by atoms with van der Waals surface area (Å²) in [5.41, 5.74) is 0. The van der Waals surface area contributed by atoms with E-state index in [9.17, 15) is 14.4 Å². The quantitative estimate of drug-likeness (QED) is 0.0199. The van der Waals surface area contributed by atoms with Crippen LogP contribution in [0.25, 0.3) is 0 Å². The van der Waals surface area contributed by atoms with Gasteiger partial charge in [-0.2, -0.15) is 0 Å². The maximum atomic E-state index is 12.8. The molecule has 0 aromatic heterocycles. The zero-order valence-corrected chi connectivity index (χ0v) is 44.1. The number of hydrogen-bond donors (Lipinski definition) is 0. The fraction of sp³-hybridized carbons (Fsp3) is 0.661. The molecule has 0 aliphatic carbocycles. The summed E-state index contributed by atoms with van der Waals surface area (Å²) in [6.07, 6.45) is 75.1. The van der Waals surface area contributed by atoms with Gasteiger partial charge in [-0.1, -0.05) is 252 Å². The van der Waals surface area contributed by atoms with Crippen molar-refractivity contribution < 1.29 is 28.6 Å². The van der Waals surface area contributed by atoms with E-state index in [0.717, 1.165) is 77.0 Å². The van der Waals surface area contributed by atoms with Crippen molar-refractivity contribution in [3.05, 3.63) is 109 Å². The average Bonchev–Trinajstić information content (AvgIpc) is 3.34. The molecule has 0 aromatic carbocycles. The van der Waals surface area contributed by atoms with Crippen molar-refractivity contribution in [1.82, 2.24) is 0 Å². The molecule has 0 aliphatic rings. The first kappa shape index (κ1) is 64.1. The van der Waals surface area contributed by atoms with Crippen LogP contribution in [0.15, 0.2) is 109 Å². The van der Waals surface area contributed by atoms with E-state index in [1.54, 1.807) is 0 Å². The molecule has 6 heteroatoms. The first-order valence-electron chi connectivity index (χ1n) is 28.0. The molecule has 68 heavy (non-hydrogen) atoms. The van der Waals surface area contributed by atoms with E-state index in [4.69, 9.17) is 14.2 Å². The molecule has 0 N–H and O–H groups in total. The third kappa shape index (κ3) is 53.0. The SMILES string of the molecule is CCC/C=C/C=C/C=C/C=C/C=C/CCCCCCCC(=O)OC(COC(=O)CC/C=C/C/C=C/CCCCCCCC)COC(=O)CCCCCCCCCCCC/C=C/C=C/CCCCC. The summed E-state index contributed by atoms with van der Waals surface area (Å²) in [4.78, 5) is 38.1. The highest BCUT2D eigenvalue weighted by atomic mass is 16.6. The lowest BCUT2D eigenvalue weighted by Crippen LogP contribution is -2.30. The highest BCUT2D eigenvalue weighted by Crippen LogP contribution is 2.14. The Morgan fingerprint density at radius 2 is 0.647 bits per heavy atom. The molecule has 0 spiro atoms. The maximum absolute atomic E-state index is 12.8. The van der Waals surface area contributed by atoms with Crippen molar-refractivity contribution >= 4 is 17.9 Å². The number of allylic oxidation sites excluding steroid dienone is 18. The minimum atomic E-state index is -0.818. The molecule has 0 bridgehead atoms. The molecule has 0 aliphatic heterocycles. The molecule has 0 heterocycles. The Kier molecular flexibility index (Phi) is 52.4. The molecular weight excluding hydrogens is 841 g/mol. The molecule has 0 saturated heterocycles. The Labute approximate surface area is 419 Å². The Hall–Kier alpha value is -3.93. The molecule has 1 atom stereocenters. The van der Waals surface area contributed by atoms with Gasteiger partial charge in [-0.15, -0.1) is 0 Å². The minimum absolute atomic E-state index is 0.109. The van der Waals surface area contributed by atoms with Crippen LogP contribution in [0.5, 0.6) is 0 Å². The lowest BCUT2D eigenvalue weighted by molar-refractivity contribution is -0.166. The largest absolute Gasteiger partial charge is 0.462 e. The molecule has 0 amide bonds. The first-order valence-corrected chi connectivity index (χ1v) is 28.0. The summed E-state index contributed by atoms with van der Waals surface area (Å²) in [5, 5.41) is 0. The Morgan fingerprint density at radius 1 is 0.309 bits per heavy atom. The van der Waals surface area contributed by atoms with Crippen LogP contribution in [0.4, 0.5) is 0 Å². The third-order valence-electron chi connectivity index (χ3n) is 11.6. The normalized spacial score (nSPS) is 12.9. The van der Waals surface area contributed by atoms with Gasteiger partial charge >= 0.3 is 17.9 Å². The Morgan fingerprint density at radius 3 is 1.13 bits per heavy atom. The number of unbranched alkanes of at least 4 members (excludes halogenated alkanes) is 25. The van der Waals surface area contributed by atoms with Gasteiger partial charge < -0.3 is 14.2 Å². The summed E-state index contributed by atoms with van der Waals surface area (Å²) in [7, 11) is 0. The predicted octanol–water partition coefficient (Wildman–Crippen LogP) is 18.7. The molecule has 1 unspecified atom stereocenters. The number of carbonyl (C=O) groups excluding carboxylic acids is 3. The summed E-state index contributed by atoms with van der Waals surface area (Å²) in [6.45, 7) is 6.44. The summed E-state index contributed by atoms with van der Waals surface area (Å²) in [5.74, 6) is -1.01. The van der Waals surface area contributed by atoms with Crippen LogP contribution in [0, 0.1) is 0 Å². The molecule has 0 rings (SSSR count). The van der Waals surface area contributed by atoms with E-state index in [2.05, 4.69) is 99.8 Å². The van der Waals surface area contributed by atoms with E-state index in [0.29, 0.717) is 12.8 Å². The number of ether oxygens (including phenoxy) is 3. The number of esters is 3. The molecule has 0 aromatic rings. The van der Waals surface area contributed by atoms with Gasteiger partial charge in [0.25, 0.3) is 0 Å². The lowest BCUT2D eigenvalue weighted by Gasteiger charge is -2.18. The monoisotopic (exact) mass is 943 g/mol. The number of carbonyl (C=O) groups is 3. The van der Waals surface area contributed by atoms with E-state index < -0.39 is 6.10 Å². The zero-order chi connectivity index (χ0) is 49.3. The van der Waals surface area contributed by atoms with E-state index in [1.807, 2.05) is 30.4 Å². The maximum Gasteiger partial charge on any atom is 0.306 e. The summed E-state index contributed by atoms with van der Waals surface area (Å²) >= 11 is 0. The Balaban J connectivity index is 4.49. The molecular formula is C62H102O6. The average molecular weight is 943 g/mol. The topological polar surface area (TPSA) is 78.9 Å². The van der Waals surface area contributed by atoms with Gasteiger partial charge in [-0.3, -0.25) is 14.4 Å².